The molecule has 0 aromatic rings. The van der Waals surface area contributed by atoms with Gasteiger partial charge in [-0.2, -0.15) is 4.31 Å². The molecule has 11 N–H and O–H groups in total. The summed E-state index contributed by atoms with van der Waals surface area (Å²) in [4.78, 5) is 56.1. The minimum Gasteiger partial charge on any atom is -0.394 e. The van der Waals surface area contributed by atoms with Crippen LogP contribution in [0.25, 0.3) is 0 Å². The fraction of sp³-hybridized carbons (Fsp3) is 0.676. The highest BCUT2D eigenvalue weighted by Gasteiger charge is 2.55. The third-order valence-electron chi connectivity index (χ3n) is 17.1. The summed E-state index contributed by atoms with van der Waals surface area (Å²) >= 11 is 0. The van der Waals surface area contributed by atoms with E-state index < -0.39 is 136 Å². The molecule has 2 fully saturated rings. The van der Waals surface area contributed by atoms with Crippen molar-refractivity contribution in [2.75, 3.05) is 33.0 Å². The molecule has 2 heterocycles. The van der Waals surface area contributed by atoms with E-state index in [1.54, 1.807) is 6.92 Å². The van der Waals surface area contributed by atoms with Crippen LogP contribution in [0.2, 0.25) is 0 Å². The van der Waals surface area contributed by atoms with E-state index in [1.807, 2.05) is 0 Å². The zero-order chi connectivity index (χ0) is 75.9. The van der Waals surface area contributed by atoms with Gasteiger partial charge in [-0.25, -0.2) is 13.7 Å². The number of aliphatic hydroxyl groups excluding tert-OH is 6. The van der Waals surface area contributed by atoms with Gasteiger partial charge in [0, 0.05) is 13.8 Å². The smallest absolute Gasteiger partial charge is 0.394 e. The second-order valence-corrected chi connectivity index (χ2v) is 31.7. The summed E-state index contributed by atoms with van der Waals surface area (Å²) in [7, 11) is -16.3. The van der Waals surface area contributed by atoms with E-state index in [2.05, 4.69) is 156 Å². The van der Waals surface area contributed by atoms with Crippen molar-refractivity contribution in [1.82, 2.24) is 10.6 Å². The Morgan fingerprint density at radius 1 is 0.416 bits per heavy atom. The highest BCUT2D eigenvalue weighted by Crippen LogP contribution is 2.61. The summed E-state index contributed by atoms with van der Waals surface area (Å²) in [6.45, 7) is 23.7. The molecular formula is C74H125N2O22P3. The quantitative estimate of drug-likeness (QED) is 0.0199. The standard InChI is InChI=1S/C74H125N2O22P3/c1-51(2)25-15-26-52(3)27-16-28-53(4)29-17-30-54(5)31-18-32-55(6)33-19-34-56(7)35-20-36-57(8)37-21-38-58(9)39-22-40-59(10)41-23-42-60(11)43-24-44-61(12)45-46-91-100(87,88)98-101(89,90)97-74-68(76-63(14)81)69(83)71(65(48-78)94-74)95-73-67(75-62(13)80)70(84)72(66(49-79)93-73)96-99(85,86)92-50-64(82)47-77/h25,27,29,31,33,35,37,39,41,43,45,64-74,77-79,82-84H,15-24,26,28,30,32,34,36,38,40,42,44,46-50H2,1-14H3,(H,75,80)(H,76,81)(H,85,86)(H,87,88)(H,89,90)/b52-27+,53-29+,54-31-,55-33-,56-35-,57-37-,58-39-,59-41-,60-43-,61-45-/t64-,65-,66-,67+,68-,69-,70-,71?,72-,73+,74-/m1/s1. The van der Waals surface area contributed by atoms with Gasteiger partial charge in [0.2, 0.25) is 11.8 Å². The van der Waals surface area contributed by atoms with Crippen molar-refractivity contribution in [2.45, 2.75) is 293 Å². The van der Waals surface area contributed by atoms with Crippen LogP contribution >= 0.6 is 23.5 Å². The number of phosphoric ester groups is 3. The molecule has 24 nitrogen and oxygen atoms in total. The Bertz CT molecular complexity index is 3030. The summed E-state index contributed by atoms with van der Waals surface area (Å²) in [6, 6.07) is -3.66. The molecule has 4 unspecified atom stereocenters. The van der Waals surface area contributed by atoms with Crippen LogP contribution in [0, 0.1) is 0 Å². The Hall–Kier alpha value is -3.91. The number of nitrogens with one attached hydrogen (secondary N) is 2. The molecule has 0 aromatic heterocycles. The fourth-order valence-corrected chi connectivity index (χ4v) is 14.2. The lowest BCUT2D eigenvalue weighted by molar-refractivity contribution is -0.324. The van der Waals surface area contributed by atoms with E-state index in [-0.39, 0.29) is 0 Å². The second kappa shape index (κ2) is 49.8. The van der Waals surface area contributed by atoms with Crippen LogP contribution in [0.15, 0.2) is 128 Å². The van der Waals surface area contributed by atoms with Gasteiger partial charge in [-0.15, -0.1) is 0 Å². The molecule has 27 heteroatoms. The summed E-state index contributed by atoms with van der Waals surface area (Å²) < 4.78 is 80.3. The third kappa shape index (κ3) is 41.5. The zero-order valence-electron chi connectivity index (χ0n) is 62.6. The van der Waals surface area contributed by atoms with Crippen molar-refractivity contribution in [2.24, 2.45) is 0 Å². The van der Waals surface area contributed by atoms with Gasteiger partial charge >= 0.3 is 23.5 Å². The predicted molar refractivity (Wildman–Crippen MR) is 394 cm³/mol. The first-order chi connectivity index (χ1) is 47.5. The highest BCUT2D eigenvalue weighted by molar-refractivity contribution is 7.61. The molecule has 0 bridgehead atoms. The lowest BCUT2D eigenvalue weighted by Crippen LogP contribution is -2.69. The van der Waals surface area contributed by atoms with E-state index in [9.17, 15) is 63.5 Å². The molecule has 578 valence electrons. The number of hydrogen-bond acceptors (Lipinski definition) is 19. The first kappa shape index (κ1) is 93.2. The van der Waals surface area contributed by atoms with Crippen molar-refractivity contribution in [3.05, 3.63) is 128 Å². The first-order valence-electron chi connectivity index (χ1n) is 35.4. The Labute approximate surface area is 602 Å². The molecule has 0 radical (unpaired) electrons. The minimum atomic E-state index is -5.72. The van der Waals surface area contributed by atoms with Gasteiger partial charge in [0.25, 0.3) is 0 Å². The second-order valence-electron chi connectivity index (χ2n) is 27.2. The van der Waals surface area contributed by atoms with E-state index in [0.29, 0.717) is 12.8 Å². The zero-order valence-corrected chi connectivity index (χ0v) is 65.2. The molecule has 2 saturated heterocycles. The molecule has 2 aliphatic heterocycles. The van der Waals surface area contributed by atoms with Crippen LogP contribution in [-0.4, -0.2) is 158 Å². The van der Waals surface area contributed by atoms with Crippen LogP contribution in [0.3, 0.4) is 0 Å². The molecule has 0 aliphatic carbocycles. The molecule has 0 saturated carbocycles. The van der Waals surface area contributed by atoms with Crippen LogP contribution < -0.4 is 10.6 Å². The van der Waals surface area contributed by atoms with Gasteiger partial charge < -0.3 is 70.2 Å². The summed E-state index contributed by atoms with van der Waals surface area (Å²) in [6.07, 6.45) is 28.3. The fourth-order valence-electron chi connectivity index (χ4n) is 11.1. The summed E-state index contributed by atoms with van der Waals surface area (Å²) in [5.74, 6) is -1.72. The molecule has 2 rings (SSSR count). The molecular weight excluding hydrogens is 1360 g/mol. The van der Waals surface area contributed by atoms with Gasteiger partial charge in [0.15, 0.2) is 12.6 Å². The number of hydrogen-bond donors (Lipinski definition) is 11. The Morgan fingerprint density at radius 2 is 0.723 bits per heavy atom. The van der Waals surface area contributed by atoms with Crippen molar-refractivity contribution >= 4 is 35.3 Å². The largest absolute Gasteiger partial charge is 0.483 e. The monoisotopic (exact) mass is 1490 g/mol. The van der Waals surface area contributed by atoms with E-state index in [1.165, 1.54) is 61.8 Å². The Kier molecular flexibility index (Phi) is 45.9. The van der Waals surface area contributed by atoms with Gasteiger partial charge in [-0.05, 0) is 212 Å². The Balaban J connectivity index is 1.79. The van der Waals surface area contributed by atoms with Crippen molar-refractivity contribution in [3.8, 4) is 0 Å². The van der Waals surface area contributed by atoms with E-state index in [4.69, 9.17) is 32.9 Å². The SMILES string of the molecule is CC(=O)N[C@@H]1[C@H](OC2[C@@H](CO)O[C@H](OP(=O)(O)OP(=O)(O)OC/C=C(/C)CC/C=C(/C)CC/C=C(/C)CC/C=C(/C)CC/C=C(/C)CC/C=C(/C)CC/C=C(/C)CC/C=C(/C)CC/C=C(\C)CC/C=C(\C)CCC=C(C)C)[C@H](NC(C)=O)[C@H]2O)O[C@H](CO)[C@@H](OP(=O)(O)OC[C@H](O)CO)[C@@H]1O. The maximum atomic E-state index is 13.3. The molecule has 0 spiro atoms. The maximum Gasteiger partial charge on any atom is 0.483 e. The molecule has 14 atom stereocenters. The normalized spacial score (nSPS) is 24.9. The number of phosphoric acid groups is 3. The number of amides is 2. The highest BCUT2D eigenvalue weighted by atomic mass is 31.3. The lowest BCUT2D eigenvalue weighted by Gasteiger charge is -2.48. The van der Waals surface area contributed by atoms with Gasteiger partial charge in [0.05, 0.1) is 33.0 Å². The minimum absolute atomic E-state index is 0.522. The molecule has 0 aromatic carbocycles. The van der Waals surface area contributed by atoms with Gasteiger partial charge in [0.1, 0.15) is 54.8 Å². The molecule has 101 heavy (non-hydrogen) atoms. The van der Waals surface area contributed by atoms with E-state index >= 15 is 0 Å². The average molecular weight is 1490 g/mol. The maximum absolute atomic E-state index is 13.3. The van der Waals surface area contributed by atoms with Gasteiger partial charge in [-0.3, -0.25) is 27.7 Å². The summed E-state index contributed by atoms with van der Waals surface area (Å²) in [5, 5.41) is 66.5. The van der Waals surface area contributed by atoms with Crippen LogP contribution in [-0.2, 0) is 59.9 Å². The number of rotatable bonds is 49. The van der Waals surface area contributed by atoms with Crippen molar-refractivity contribution in [3.63, 3.8) is 0 Å². The molecule has 2 aliphatic rings. The van der Waals surface area contributed by atoms with Crippen molar-refractivity contribution in [1.29, 1.82) is 0 Å². The van der Waals surface area contributed by atoms with Crippen LogP contribution in [0.5, 0.6) is 0 Å². The number of allylic oxidation sites excluding steroid dienone is 21. The predicted octanol–water partition coefficient (Wildman–Crippen LogP) is 13.9. The number of aliphatic hydroxyl groups is 6. The van der Waals surface area contributed by atoms with E-state index in [0.717, 1.165) is 135 Å². The van der Waals surface area contributed by atoms with Gasteiger partial charge in [-0.1, -0.05) is 128 Å². The van der Waals surface area contributed by atoms with Crippen LogP contribution in [0.1, 0.15) is 225 Å². The topological polar surface area (TPSA) is 365 Å². The first-order valence-corrected chi connectivity index (χ1v) is 39.9. The third-order valence-corrected chi connectivity index (χ3v) is 20.7. The number of carbonyl (C=O) groups is 2. The van der Waals surface area contributed by atoms with Crippen molar-refractivity contribution < 1.29 is 105 Å². The number of ether oxygens (including phenoxy) is 3. The van der Waals surface area contributed by atoms with Crippen LogP contribution in [0.4, 0.5) is 0 Å². The summed E-state index contributed by atoms with van der Waals surface area (Å²) in [5.41, 5.74) is 15.0. The average Bonchev–Trinajstić information content (AvgIpc) is 0.772. The lowest BCUT2D eigenvalue weighted by atomic mass is 9.94. The molecule has 2 amide bonds. The number of carbonyl (C=O) groups excluding carboxylic acids is 2. The Morgan fingerprint density at radius 3 is 1.05 bits per heavy atom.